The molecule has 1 heterocycles. The number of aryl methyl sites for hydroxylation is 1. The van der Waals surface area contributed by atoms with Crippen molar-refractivity contribution >= 4 is 17.5 Å². The molecule has 1 aliphatic rings. The number of esters is 1. The SMILES string of the molecule is CCOC(=O)C1(C(=O)c2ccccc2)CC(c2ccc(C)cc2)=NO1. The molecule has 0 N–H and O–H groups in total. The second-order valence-electron chi connectivity index (χ2n) is 5.91. The van der Waals surface area contributed by atoms with Gasteiger partial charge < -0.3 is 9.57 Å². The fourth-order valence-corrected chi connectivity index (χ4v) is 2.73. The summed E-state index contributed by atoms with van der Waals surface area (Å²) in [4.78, 5) is 31.0. The van der Waals surface area contributed by atoms with E-state index in [1.165, 1.54) is 0 Å². The lowest BCUT2D eigenvalue weighted by molar-refractivity contribution is -0.162. The molecule has 1 aliphatic heterocycles. The molecule has 0 saturated carbocycles. The maximum absolute atomic E-state index is 13.0. The van der Waals surface area contributed by atoms with Crippen molar-refractivity contribution in [1.29, 1.82) is 0 Å². The summed E-state index contributed by atoms with van der Waals surface area (Å²) < 4.78 is 5.12. The van der Waals surface area contributed by atoms with Gasteiger partial charge in [-0.05, 0) is 19.4 Å². The van der Waals surface area contributed by atoms with E-state index in [0.29, 0.717) is 11.3 Å². The van der Waals surface area contributed by atoms with E-state index in [2.05, 4.69) is 5.16 Å². The Kier molecular flexibility index (Phi) is 4.65. The van der Waals surface area contributed by atoms with E-state index in [1.54, 1.807) is 37.3 Å². The highest BCUT2D eigenvalue weighted by Crippen LogP contribution is 2.32. The monoisotopic (exact) mass is 337 g/mol. The molecule has 0 amide bonds. The number of carbonyl (C=O) groups is 2. The zero-order chi connectivity index (χ0) is 17.9. The third kappa shape index (κ3) is 3.18. The predicted octanol–water partition coefficient (Wildman–Crippen LogP) is 3.30. The van der Waals surface area contributed by atoms with E-state index in [0.717, 1.165) is 11.1 Å². The number of ketones is 1. The molecule has 0 saturated heterocycles. The maximum atomic E-state index is 13.0. The first-order valence-electron chi connectivity index (χ1n) is 8.16. The Morgan fingerprint density at radius 3 is 2.44 bits per heavy atom. The van der Waals surface area contributed by atoms with E-state index in [4.69, 9.17) is 9.57 Å². The Labute approximate surface area is 146 Å². The summed E-state index contributed by atoms with van der Waals surface area (Å²) in [6.07, 6.45) is 0.0443. The predicted molar refractivity (Wildman–Crippen MR) is 93.6 cm³/mol. The quantitative estimate of drug-likeness (QED) is 0.477. The molecule has 5 nitrogen and oxygen atoms in total. The Bertz CT molecular complexity index is 811. The van der Waals surface area contributed by atoms with Gasteiger partial charge >= 0.3 is 11.6 Å². The van der Waals surface area contributed by atoms with E-state index in [1.807, 2.05) is 31.2 Å². The van der Waals surface area contributed by atoms with Crippen LogP contribution < -0.4 is 0 Å². The largest absolute Gasteiger partial charge is 0.463 e. The van der Waals surface area contributed by atoms with Crippen molar-refractivity contribution in [1.82, 2.24) is 0 Å². The molecule has 0 aliphatic carbocycles. The van der Waals surface area contributed by atoms with Crippen LogP contribution in [-0.4, -0.2) is 29.7 Å². The smallest absolute Gasteiger partial charge is 0.362 e. The fraction of sp³-hybridized carbons (Fsp3) is 0.250. The van der Waals surface area contributed by atoms with Gasteiger partial charge in [0.05, 0.1) is 18.7 Å². The van der Waals surface area contributed by atoms with Gasteiger partial charge in [-0.25, -0.2) is 4.79 Å². The van der Waals surface area contributed by atoms with Gasteiger partial charge in [0.25, 0.3) is 0 Å². The number of hydrogen-bond acceptors (Lipinski definition) is 5. The molecule has 5 heteroatoms. The third-order valence-electron chi connectivity index (χ3n) is 4.12. The molecule has 0 aromatic heterocycles. The minimum absolute atomic E-state index is 0.0443. The van der Waals surface area contributed by atoms with Crippen LogP contribution in [0.25, 0.3) is 0 Å². The molecule has 128 valence electrons. The normalized spacial score (nSPS) is 19.0. The number of Topliss-reactive ketones (excluding diaryl/α,β-unsaturated/α-hetero) is 1. The molecule has 2 aromatic rings. The molecule has 1 unspecified atom stereocenters. The van der Waals surface area contributed by atoms with Gasteiger partial charge in [-0.1, -0.05) is 65.3 Å². The molecule has 3 rings (SSSR count). The van der Waals surface area contributed by atoms with E-state index >= 15 is 0 Å². The van der Waals surface area contributed by atoms with Crippen LogP contribution in [0.4, 0.5) is 0 Å². The maximum Gasteiger partial charge on any atom is 0.362 e. The Hall–Kier alpha value is -2.95. The summed E-state index contributed by atoms with van der Waals surface area (Å²) in [6.45, 7) is 3.83. The molecule has 0 fully saturated rings. The van der Waals surface area contributed by atoms with Crippen molar-refractivity contribution in [2.24, 2.45) is 5.16 Å². The molecular weight excluding hydrogens is 318 g/mol. The van der Waals surface area contributed by atoms with Crippen molar-refractivity contribution in [3.63, 3.8) is 0 Å². The van der Waals surface area contributed by atoms with Crippen LogP contribution in [0.2, 0.25) is 0 Å². The highest BCUT2D eigenvalue weighted by atomic mass is 16.7. The summed E-state index contributed by atoms with van der Waals surface area (Å²) >= 11 is 0. The van der Waals surface area contributed by atoms with Crippen molar-refractivity contribution in [2.75, 3.05) is 6.61 Å². The van der Waals surface area contributed by atoms with E-state index < -0.39 is 17.4 Å². The van der Waals surface area contributed by atoms with Gasteiger partial charge in [0.2, 0.25) is 5.78 Å². The number of ether oxygens (including phenoxy) is 1. The van der Waals surface area contributed by atoms with E-state index in [9.17, 15) is 9.59 Å². The number of oxime groups is 1. The fourth-order valence-electron chi connectivity index (χ4n) is 2.73. The van der Waals surface area contributed by atoms with Gasteiger partial charge in [0.15, 0.2) is 0 Å². The number of carbonyl (C=O) groups excluding carboxylic acids is 2. The summed E-state index contributed by atoms with van der Waals surface area (Å²) in [5.41, 5.74) is 1.10. The Morgan fingerprint density at radius 2 is 1.80 bits per heavy atom. The lowest BCUT2D eigenvalue weighted by Gasteiger charge is -2.22. The molecule has 0 radical (unpaired) electrons. The first-order chi connectivity index (χ1) is 12.1. The summed E-state index contributed by atoms with van der Waals surface area (Å²) in [7, 11) is 0. The topological polar surface area (TPSA) is 65.0 Å². The molecule has 2 aromatic carbocycles. The number of hydrogen-bond donors (Lipinski definition) is 0. The van der Waals surface area contributed by atoms with Crippen LogP contribution in [0.5, 0.6) is 0 Å². The van der Waals surface area contributed by atoms with Crippen LogP contribution in [0, 0.1) is 6.92 Å². The van der Waals surface area contributed by atoms with Gasteiger partial charge in [-0.3, -0.25) is 4.79 Å². The summed E-state index contributed by atoms with van der Waals surface area (Å²) in [6, 6.07) is 16.3. The Balaban J connectivity index is 1.94. The van der Waals surface area contributed by atoms with Gasteiger partial charge in [0, 0.05) is 5.56 Å². The molecule has 0 spiro atoms. The first kappa shape index (κ1) is 16.9. The zero-order valence-corrected chi connectivity index (χ0v) is 14.2. The number of rotatable bonds is 5. The molecule has 1 atom stereocenters. The van der Waals surface area contributed by atoms with Gasteiger partial charge in [-0.15, -0.1) is 0 Å². The van der Waals surface area contributed by atoms with Crippen molar-refractivity contribution in [3.8, 4) is 0 Å². The van der Waals surface area contributed by atoms with Crippen LogP contribution in [0.1, 0.15) is 34.8 Å². The second kappa shape index (κ2) is 6.89. The average Bonchev–Trinajstić information content (AvgIpc) is 3.09. The average molecular weight is 337 g/mol. The van der Waals surface area contributed by atoms with Gasteiger partial charge in [-0.2, -0.15) is 0 Å². The molecule has 0 bridgehead atoms. The first-order valence-corrected chi connectivity index (χ1v) is 8.16. The van der Waals surface area contributed by atoms with Crippen LogP contribution in [0.3, 0.4) is 0 Å². The number of benzene rings is 2. The molecular formula is C20H19NO4. The van der Waals surface area contributed by atoms with Crippen molar-refractivity contribution in [3.05, 3.63) is 71.3 Å². The lowest BCUT2D eigenvalue weighted by atomic mass is 9.86. The summed E-state index contributed by atoms with van der Waals surface area (Å²) in [5.74, 6) is -1.16. The molecule has 25 heavy (non-hydrogen) atoms. The van der Waals surface area contributed by atoms with Crippen LogP contribution >= 0.6 is 0 Å². The highest BCUT2D eigenvalue weighted by Gasteiger charge is 2.55. The van der Waals surface area contributed by atoms with E-state index in [-0.39, 0.29) is 13.0 Å². The van der Waals surface area contributed by atoms with Crippen molar-refractivity contribution < 1.29 is 19.2 Å². The highest BCUT2D eigenvalue weighted by molar-refractivity contribution is 6.20. The zero-order valence-electron chi connectivity index (χ0n) is 14.2. The minimum atomic E-state index is -1.77. The van der Waals surface area contributed by atoms with Gasteiger partial charge in [0.1, 0.15) is 0 Å². The minimum Gasteiger partial charge on any atom is -0.463 e. The lowest BCUT2D eigenvalue weighted by Crippen LogP contribution is -2.48. The second-order valence-corrected chi connectivity index (χ2v) is 5.91. The Morgan fingerprint density at radius 1 is 1.12 bits per heavy atom. The summed E-state index contributed by atoms with van der Waals surface area (Å²) in [5, 5.41) is 4.03. The third-order valence-corrected chi connectivity index (χ3v) is 4.12. The van der Waals surface area contributed by atoms with Crippen LogP contribution in [0.15, 0.2) is 59.8 Å². The van der Waals surface area contributed by atoms with Crippen molar-refractivity contribution in [2.45, 2.75) is 25.9 Å². The standard InChI is InChI=1S/C20H19NO4/c1-3-24-19(23)20(18(22)16-7-5-4-6-8-16)13-17(21-25-20)15-11-9-14(2)10-12-15/h4-12H,3,13H2,1-2H3. The number of nitrogens with zero attached hydrogens (tertiary/aromatic N) is 1. The van der Waals surface area contributed by atoms with Crippen LogP contribution in [-0.2, 0) is 14.4 Å².